The third-order valence-corrected chi connectivity index (χ3v) is 3.42. The van der Waals surface area contributed by atoms with Crippen LogP contribution in [0.15, 0.2) is 15.8 Å². The quantitative estimate of drug-likeness (QED) is 0.817. The molecule has 6 heteroatoms. The Morgan fingerprint density at radius 2 is 2.35 bits per heavy atom. The van der Waals surface area contributed by atoms with Gasteiger partial charge in [0, 0.05) is 18.2 Å². The molecule has 0 aromatic carbocycles. The molecule has 20 heavy (non-hydrogen) atoms. The van der Waals surface area contributed by atoms with Crippen LogP contribution in [0.5, 0.6) is 0 Å². The lowest BCUT2D eigenvalue weighted by molar-refractivity contribution is -0.0349. The van der Waals surface area contributed by atoms with E-state index in [9.17, 15) is 9.59 Å². The van der Waals surface area contributed by atoms with Gasteiger partial charge in [0.25, 0.3) is 5.56 Å². The van der Waals surface area contributed by atoms with Crippen molar-refractivity contribution in [3.8, 4) is 12.3 Å². The van der Waals surface area contributed by atoms with Crippen LogP contribution in [0.2, 0.25) is 0 Å². The Kier molecular flexibility index (Phi) is 4.42. The molecule has 0 radical (unpaired) electrons. The Morgan fingerprint density at radius 1 is 1.60 bits per heavy atom. The van der Waals surface area contributed by atoms with Crippen LogP contribution < -0.4 is 11.2 Å². The molecule has 108 valence electrons. The Balaban J connectivity index is 2.23. The first-order valence-electron chi connectivity index (χ1n) is 6.59. The van der Waals surface area contributed by atoms with E-state index in [1.807, 2.05) is 6.92 Å². The van der Waals surface area contributed by atoms with Crippen molar-refractivity contribution in [1.82, 2.24) is 9.55 Å². The van der Waals surface area contributed by atoms with E-state index < -0.39 is 11.9 Å². The van der Waals surface area contributed by atoms with E-state index in [1.54, 1.807) is 6.92 Å². The summed E-state index contributed by atoms with van der Waals surface area (Å²) >= 11 is 0. The summed E-state index contributed by atoms with van der Waals surface area (Å²) in [5.74, 6) is 2.43. The molecule has 0 unspecified atom stereocenters. The topological polar surface area (TPSA) is 73.3 Å². The minimum atomic E-state index is -0.474. The number of hydrogen-bond donors (Lipinski definition) is 1. The first-order valence-corrected chi connectivity index (χ1v) is 6.59. The number of nitrogens with one attached hydrogen (secondary N) is 1. The number of aryl methyl sites for hydroxylation is 1. The Hall–Kier alpha value is -1.84. The number of ether oxygens (including phenoxy) is 2. The van der Waals surface area contributed by atoms with E-state index in [0.717, 1.165) is 6.42 Å². The highest BCUT2D eigenvalue weighted by molar-refractivity contribution is 5.02. The molecule has 1 aliphatic rings. The molecule has 1 saturated heterocycles. The van der Waals surface area contributed by atoms with Crippen LogP contribution in [0.4, 0.5) is 0 Å². The highest BCUT2D eigenvalue weighted by atomic mass is 16.6. The normalized spacial score (nSPS) is 25.6. The van der Waals surface area contributed by atoms with Gasteiger partial charge in [-0.2, -0.15) is 0 Å². The molecule has 1 aromatic heterocycles. The lowest BCUT2D eigenvalue weighted by atomic mass is 10.1. The number of rotatable bonds is 4. The summed E-state index contributed by atoms with van der Waals surface area (Å²) in [6, 6.07) is 0. The lowest BCUT2D eigenvalue weighted by Gasteiger charge is -2.16. The van der Waals surface area contributed by atoms with Gasteiger partial charge < -0.3 is 9.47 Å². The van der Waals surface area contributed by atoms with Crippen LogP contribution in [0.25, 0.3) is 0 Å². The van der Waals surface area contributed by atoms with E-state index >= 15 is 0 Å². The molecule has 2 rings (SSSR count). The molecule has 2 heterocycles. The number of H-pyrrole nitrogens is 1. The predicted octanol–water partition coefficient (Wildman–Crippen LogP) is 0.561. The third kappa shape index (κ3) is 2.84. The molecule has 0 aliphatic carbocycles. The molecule has 1 aromatic rings. The van der Waals surface area contributed by atoms with Crippen LogP contribution >= 0.6 is 0 Å². The first kappa shape index (κ1) is 14.6. The smallest absolute Gasteiger partial charge is 0.330 e. The summed E-state index contributed by atoms with van der Waals surface area (Å²) in [6.07, 6.45) is 7.32. The van der Waals surface area contributed by atoms with Gasteiger partial charge in [-0.05, 0) is 13.3 Å². The third-order valence-electron chi connectivity index (χ3n) is 3.42. The van der Waals surface area contributed by atoms with Crippen LogP contribution in [0, 0.1) is 19.3 Å². The molecular formula is C14H18N2O4. The Bertz CT molecular complexity index is 625. The van der Waals surface area contributed by atoms with E-state index in [0.29, 0.717) is 12.0 Å². The molecule has 3 atom stereocenters. The van der Waals surface area contributed by atoms with Crippen LogP contribution in [-0.2, 0) is 9.47 Å². The minimum Gasteiger partial charge on any atom is -0.363 e. The van der Waals surface area contributed by atoms with Gasteiger partial charge in [-0.1, -0.05) is 12.8 Å². The molecule has 0 saturated carbocycles. The van der Waals surface area contributed by atoms with Crippen molar-refractivity contribution in [3.05, 3.63) is 32.6 Å². The van der Waals surface area contributed by atoms with Gasteiger partial charge in [0.05, 0.1) is 12.2 Å². The molecule has 1 fully saturated rings. The maximum absolute atomic E-state index is 11.8. The van der Waals surface area contributed by atoms with Crippen molar-refractivity contribution >= 4 is 0 Å². The predicted molar refractivity (Wildman–Crippen MR) is 73.5 cm³/mol. The fraction of sp³-hybridized carbons (Fsp3) is 0.571. The van der Waals surface area contributed by atoms with Gasteiger partial charge >= 0.3 is 5.69 Å². The Labute approximate surface area is 116 Å². The largest absolute Gasteiger partial charge is 0.363 e. The number of terminal acetylenes is 1. The highest BCUT2D eigenvalue weighted by Crippen LogP contribution is 2.31. The summed E-state index contributed by atoms with van der Waals surface area (Å²) in [4.78, 5) is 25.5. The summed E-state index contributed by atoms with van der Waals surface area (Å²) in [6.45, 7) is 3.85. The second-order valence-corrected chi connectivity index (χ2v) is 4.81. The standard InChI is InChI=1S/C14H18N2O4/c1-4-6-19-11-7-12(20-10(11)5-2)16-8-9(3)13(17)15-14(16)18/h1,8,10-12H,5-7H2,2-3H3,(H,15,17,18)/t10-,11+,12-/m1/s1. The van der Waals surface area contributed by atoms with E-state index in [4.69, 9.17) is 15.9 Å². The van der Waals surface area contributed by atoms with E-state index in [1.165, 1.54) is 10.8 Å². The summed E-state index contributed by atoms with van der Waals surface area (Å²) < 4.78 is 12.8. The van der Waals surface area contributed by atoms with Gasteiger partial charge in [0.1, 0.15) is 12.8 Å². The maximum Gasteiger partial charge on any atom is 0.330 e. The fourth-order valence-corrected chi connectivity index (χ4v) is 2.36. The average molecular weight is 278 g/mol. The van der Waals surface area contributed by atoms with Crippen molar-refractivity contribution in [2.45, 2.75) is 45.1 Å². The van der Waals surface area contributed by atoms with Crippen LogP contribution in [-0.4, -0.2) is 28.4 Å². The van der Waals surface area contributed by atoms with Gasteiger partial charge in [-0.25, -0.2) is 4.79 Å². The molecule has 0 spiro atoms. The molecule has 0 bridgehead atoms. The molecule has 6 nitrogen and oxygen atoms in total. The van der Waals surface area contributed by atoms with E-state index in [2.05, 4.69) is 10.9 Å². The second-order valence-electron chi connectivity index (χ2n) is 4.81. The van der Waals surface area contributed by atoms with Gasteiger partial charge in [-0.15, -0.1) is 6.42 Å². The van der Waals surface area contributed by atoms with Gasteiger partial charge in [0.2, 0.25) is 0 Å². The fourth-order valence-electron chi connectivity index (χ4n) is 2.36. The zero-order chi connectivity index (χ0) is 14.7. The first-order chi connectivity index (χ1) is 9.56. The maximum atomic E-state index is 11.8. The molecule has 0 amide bonds. The number of aromatic amines is 1. The average Bonchev–Trinajstić information content (AvgIpc) is 2.83. The van der Waals surface area contributed by atoms with Crippen LogP contribution in [0.3, 0.4) is 0 Å². The van der Waals surface area contributed by atoms with Gasteiger partial charge in [0.15, 0.2) is 0 Å². The minimum absolute atomic E-state index is 0.104. The number of nitrogens with zero attached hydrogens (tertiary/aromatic N) is 1. The number of aromatic nitrogens is 2. The SMILES string of the molecule is C#CCO[C@H]1C[C@H](n2cc(C)c(=O)[nH]c2=O)O[C@@H]1CC. The number of hydrogen-bond acceptors (Lipinski definition) is 4. The Morgan fingerprint density at radius 3 is 3.00 bits per heavy atom. The van der Waals surface area contributed by atoms with Gasteiger partial charge in [-0.3, -0.25) is 14.3 Å². The molecule has 1 N–H and O–H groups in total. The lowest BCUT2D eigenvalue weighted by Crippen LogP contribution is -2.33. The van der Waals surface area contributed by atoms with Crippen molar-refractivity contribution < 1.29 is 9.47 Å². The summed E-state index contributed by atoms with van der Waals surface area (Å²) in [5, 5.41) is 0. The summed E-state index contributed by atoms with van der Waals surface area (Å²) in [5.41, 5.74) is -0.385. The van der Waals surface area contributed by atoms with Crippen molar-refractivity contribution in [1.29, 1.82) is 0 Å². The molecular weight excluding hydrogens is 260 g/mol. The molecule has 1 aliphatic heterocycles. The summed E-state index contributed by atoms with van der Waals surface area (Å²) in [7, 11) is 0. The highest BCUT2D eigenvalue weighted by Gasteiger charge is 2.36. The van der Waals surface area contributed by atoms with Crippen molar-refractivity contribution in [3.63, 3.8) is 0 Å². The monoisotopic (exact) mass is 278 g/mol. The van der Waals surface area contributed by atoms with Crippen molar-refractivity contribution in [2.24, 2.45) is 0 Å². The zero-order valence-corrected chi connectivity index (χ0v) is 11.6. The van der Waals surface area contributed by atoms with Crippen molar-refractivity contribution in [2.75, 3.05) is 6.61 Å². The van der Waals surface area contributed by atoms with E-state index in [-0.39, 0.29) is 24.4 Å². The zero-order valence-electron chi connectivity index (χ0n) is 11.6. The van der Waals surface area contributed by atoms with Crippen LogP contribution in [0.1, 0.15) is 31.6 Å². The second kappa shape index (κ2) is 6.07.